The van der Waals surface area contributed by atoms with Gasteiger partial charge in [-0.1, -0.05) is 24.3 Å². The second-order valence-corrected chi connectivity index (χ2v) is 6.58. The van der Waals surface area contributed by atoms with Gasteiger partial charge in [0.05, 0.1) is 5.56 Å². The van der Waals surface area contributed by atoms with Gasteiger partial charge in [0.2, 0.25) is 10.0 Å². The molecule has 1 unspecified atom stereocenters. The summed E-state index contributed by atoms with van der Waals surface area (Å²) in [7, 11) is -4.12. The largest absolute Gasteiger partial charge is 0.416 e. The van der Waals surface area contributed by atoms with Gasteiger partial charge < -0.3 is 0 Å². The SMILES string of the molecule is CC(NS(=O)(=O)c1ccccc1F)c1ccc(C(F)(F)F)cc1. The van der Waals surface area contributed by atoms with Crippen LogP contribution in [0, 0.1) is 5.82 Å². The van der Waals surface area contributed by atoms with Crippen molar-refractivity contribution in [1.29, 1.82) is 0 Å². The molecule has 1 atom stereocenters. The molecular formula is C15H13F4NO2S. The van der Waals surface area contributed by atoms with Crippen molar-refractivity contribution < 1.29 is 26.0 Å². The lowest BCUT2D eigenvalue weighted by Crippen LogP contribution is -2.27. The highest BCUT2D eigenvalue weighted by Crippen LogP contribution is 2.30. The molecule has 0 radical (unpaired) electrons. The van der Waals surface area contributed by atoms with Crippen molar-refractivity contribution in [1.82, 2.24) is 4.72 Å². The molecule has 0 fully saturated rings. The monoisotopic (exact) mass is 347 g/mol. The minimum atomic E-state index is -4.46. The molecule has 0 aromatic heterocycles. The lowest BCUT2D eigenvalue weighted by molar-refractivity contribution is -0.137. The van der Waals surface area contributed by atoms with Crippen LogP contribution in [0.25, 0.3) is 0 Å². The quantitative estimate of drug-likeness (QED) is 0.853. The molecular weight excluding hydrogens is 334 g/mol. The first kappa shape index (κ1) is 17.4. The van der Waals surface area contributed by atoms with Crippen molar-refractivity contribution in [2.45, 2.75) is 24.0 Å². The fraction of sp³-hybridized carbons (Fsp3) is 0.200. The summed E-state index contributed by atoms with van der Waals surface area (Å²) in [5.74, 6) is -0.903. The number of hydrogen-bond donors (Lipinski definition) is 1. The van der Waals surface area contributed by atoms with E-state index in [1.54, 1.807) is 0 Å². The summed E-state index contributed by atoms with van der Waals surface area (Å²) in [6.07, 6.45) is -4.46. The van der Waals surface area contributed by atoms with E-state index in [9.17, 15) is 26.0 Å². The van der Waals surface area contributed by atoms with E-state index in [4.69, 9.17) is 0 Å². The van der Waals surface area contributed by atoms with E-state index in [-0.39, 0.29) is 0 Å². The van der Waals surface area contributed by atoms with Gasteiger partial charge in [-0.05, 0) is 36.8 Å². The van der Waals surface area contributed by atoms with Crippen LogP contribution < -0.4 is 4.72 Å². The zero-order valence-corrected chi connectivity index (χ0v) is 12.7. The van der Waals surface area contributed by atoms with Crippen LogP contribution in [0.2, 0.25) is 0 Å². The highest BCUT2D eigenvalue weighted by atomic mass is 32.2. The minimum absolute atomic E-state index is 0.331. The van der Waals surface area contributed by atoms with Gasteiger partial charge in [0.25, 0.3) is 0 Å². The fourth-order valence-corrected chi connectivity index (χ4v) is 3.30. The topological polar surface area (TPSA) is 46.2 Å². The summed E-state index contributed by atoms with van der Waals surface area (Å²) in [5.41, 5.74) is -0.497. The van der Waals surface area contributed by atoms with Gasteiger partial charge in [-0.15, -0.1) is 0 Å². The maximum absolute atomic E-state index is 13.6. The molecule has 0 aliphatic rings. The normalized spacial score (nSPS) is 13.8. The van der Waals surface area contributed by atoms with Crippen LogP contribution in [0.4, 0.5) is 17.6 Å². The van der Waals surface area contributed by atoms with Gasteiger partial charge in [0, 0.05) is 6.04 Å². The number of rotatable bonds is 4. The third kappa shape index (κ3) is 4.08. The van der Waals surface area contributed by atoms with E-state index in [1.807, 2.05) is 0 Å². The Kier molecular flexibility index (Phi) is 4.76. The molecule has 2 rings (SSSR count). The smallest absolute Gasteiger partial charge is 0.207 e. The van der Waals surface area contributed by atoms with Crippen molar-refractivity contribution in [2.24, 2.45) is 0 Å². The van der Waals surface area contributed by atoms with Crippen molar-refractivity contribution in [3.63, 3.8) is 0 Å². The van der Waals surface area contributed by atoms with E-state index in [2.05, 4.69) is 4.72 Å². The molecule has 23 heavy (non-hydrogen) atoms. The van der Waals surface area contributed by atoms with Gasteiger partial charge in [-0.2, -0.15) is 13.2 Å². The predicted octanol–water partition coefficient (Wildman–Crippen LogP) is 3.88. The summed E-state index contributed by atoms with van der Waals surface area (Å²) in [6.45, 7) is 1.46. The summed E-state index contributed by atoms with van der Waals surface area (Å²) < 4.78 is 77.6. The van der Waals surface area contributed by atoms with Gasteiger partial charge in [0.1, 0.15) is 10.7 Å². The van der Waals surface area contributed by atoms with Gasteiger partial charge in [0.15, 0.2) is 0 Å². The van der Waals surface area contributed by atoms with E-state index < -0.39 is 38.5 Å². The molecule has 3 nitrogen and oxygen atoms in total. The first-order valence-corrected chi connectivity index (χ1v) is 8.03. The van der Waals surface area contributed by atoms with Crippen molar-refractivity contribution >= 4 is 10.0 Å². The van der Waals surface area contributed by atoms with Crippen molar-refractivity contribution in [2.75, 3.05) is 0 Å². The first-order valence-electron chi connectivity index (χ1n) is 6.55. The van der Waals surface area contributed by atoms with E-state index in [0.717, 1.165) is 24.3 Å². The Bertz CT molecular complexity index is 786. The zero-order valence-electron chi connectivity index (χ0n) is 11.9. The zero-order chi connectivity index (χ0) is 17.3. The number of sulfonamides is 1. The molecule has 0 aliphatic heterocycles. The van der Waals surface area contributed by atoms with Crippen LogP contribution in [0.15, 0.2) is 53.4 Å². The van der Waals surface area contributed by atoms with Gasteiger partial charge in [-0.25, -0.2) is 17.5 Å². The third-order valence-corrected chi connectivity index (χ3v) is 4.77. The van der Waals surface area contributed by atoms with Crippen molar-refractivity contribution in [3.8, 4) is 0 Å². The highest BCUT2D eigenvalue weighted by molar-refractivity contribution is 7.89. The summed E-state index contributed by atoms with van der Waals surface area (Å²) in [6, 6.07) is 8.12. The number of halogens is 4. The first-order chi connectivity index (χ1) is 10.6. The Hall–Kier alpha value is -1.93. The predicted molar refractivity (Wildman–Crippen MR) is 76.6 cm³/mol. The lowest BCUT2D eigenvalue weighted by Gasteiger charge is -2.16. The highest BCUT2D eigenvalue weighted by Gasteiger charge is 2.30. The van der Waals surface area contributed by atoms with Crippen LogP contribution in [0.3, 0.4) is 0 Å². The van der Waals surface area contributed by atoms with Crippen LogP contribution in [0.1, 0.15) is 24.1 Å². The van der Waals surface area contributed by atoms with Crippen LogP contribution in [-0.4, -0.2) is 8.42 Å². The Morgan fingerprint density at radius 1 is 1.00 bits per heavy atom. The maximum atomic E-state index is 13.6. The molecule has 0 saturated carbocycles. The van der Waals surface area contributed by atoms with Crippen molar-refractivity contribution in [3.05, 3.63) is 65.5 Å². The van der Waals surface area contributed by atoms with Gasteiger partial charge in [-0.3, -0.25) is 0 Å². The minimum Gasteiger partial charge on any atom is -0.207 e. The standard InChI is InChI=1S/C15H13F4NO2S/c1-10(11-6-8-12(9-7-11)15(17,18)19)20-23(21,22)14-5-3-2-4-13(14)16/h2-10,20H,1H3. The molecule has 0 amide bonds. The van der Waals surface area contributed by atoms with E-state index in [1.165, 1.54) is 31.2 Å². The molecule has 1 N–H and O–H groups in total. The molecule has 2 aromatic rings. The number of nitrogens with one attached hydrogen (secondary N) is 1. The second-order valence-electron chi connectivity index (χ2n) is 4.89. The number of benzene rings is 2. The molecule has 0 spiro atoms. The van der Waals surface area contributed by atoms with Crippen LogP contribution >= 0.6 is 0 Å². The Morgan fingerprint density at radius 2 is 1.57 bits per heavy atom. The molecule has 0 heterocycles. The Labute approximate surface area is 131 Å². The Morgan fingerprint density at radius 3 is 2.09 bits per heavy atom. The third-order valence-electron chi connectivity index (χ3n) is 3.20. The van der Waals surface area contributed by atoms with Gasteiger partial charge >= 0.3 is 6.18 Å². The van der Waals surface area contributed by atoms with E-state index in [0.29, 0.717) is 5.56 Å². The molecule has 124 valence electrons. The summed E-state index contributed by atoms with van der Waals surface area (Å²) in [5, 5.41) is 0. The van der Waals surface area contributed by atoms with E-state index >= 15 is 0 Å². The van der Waals surface area contributed by atoms with Crippen LogP contribution in [0.5, 0.6) is 0 Å². The molecule has 8 heteroatoms. The average Bonchev–Trinajstić information content (AvgIpc) is 2.46. The molecule has 2 aromatic carbocycles. The number of hydrogen-bond acceptors (Lipinski definition) is 2. The number of alkyl halides is 3. The molecule has 0 saturated heterocycles. The van der Waals surface area contributed by atoms with Crippen LogP contribution in [-0.2, 0) is 16.2 Å². The average molecular weight is 347 g/mol. The maximum Gasteiger partial charge on any atom is 0.416 e. The fourth-order valence-electron chi connectivity index (χ4n) is 1.99. The molecule has 0 bridgehead atoms. The second kappa shape index (κ2) is 6.29. The lowest BCUT2D eigenvalue weighted by atomic mass is 10.1. The molecule has 0 aliphatic carbocycles. The summed E-state index contributed by atoms with van der Waals surface area (Å²) in [4.78, 5) is -0.515. The Balaban J connectivity index is 2.22. The summed E-state index contributed by atoms with van der Waals surface area (Å²) >= 11 is 0.